The molecular formula is C20H20F2O3. The number of esters is 1. The quantitative estimate of drug-likeness (QED) is 0.766. The number of fused-ring (bicyclic) bond motifs is 1. The minimum atomic E-state index is -3.64. The molecule has 1 aliphatic rings. The Bertz CT molecular complexity index is 795. The Morgan fingerprint density at radius 3 is 2.64 bits per heavy atom. The molecule has 1 saturated carbocycles. The zero-order chi connectivity index (χ0) is 18.0. The van der Waals surface area contributed by atoms with Crippen LogP contribution in [-0.2, 0) is 14.3 Å². The van der Waals surface area contributed by atoms with Crippen molar-refractivity contribution in [2.24, 2.45) is 5.92 Å². The van der Waals surface area contributed by atoms with Crippen molar-refractivity contribution in [2.75, 3.05) is 6.61 Å². The fourth-order valence-electron chi connectivity index (χ4n) is 3.66. The van der Waals surface area contributed by atoms with Gasteiger partial charge in [-0.05, 0) is 35.6 Å². The lowest BCUT2D eigenvalue weighted by Crippen LogP contribution is -2.42. The molecule has 2 unspecified atom stereocenters. The lowest BCUT2D eigenvalue weighted by molar-refractivity contribution is -0.182. The zero-order valence-corrected chi connectivity index (χ0v) is 14.0. The van der Waals surface area contributed by atoms with Crippen molar-refractivity contribution in [1.29, 1.82) is 0 Å². The summed E-state index contributed by atoms with van der Waals surface area (Å²) in [6.45, 7) is 1.38. The average Bonchev–Trinajstić information content (AvgIpc) is 2.61. The standard InChI is InChI=1S/C20H20F2O3/c1-2-25-19(24)20(21,22)15-10-14(11-16(23)12-15)18-9-5-7-13-6-3-4-8-17(13)18/h3-9,14-15H,2,10-12H2,1H3. The van der Waals surface area contributed by atoms with Crippen LogP contribution < -0.4 is 0 Å². The van der Waals surface area contributed by atoms with Gasteiger partial charge < -0.3 is 4.74 Å². The van der Waals surface area contributed by atoms with Gasteiger partial charge in [0.2, 0.25) is 0 Å². The fraction of sp³-hybridized carbons (Fsp3) is 0.400. The van der Waals surface area contributed by atoms with Crippen LogP contribution in [0.2, 0.25) is 0 Å². The second-order valence-electron chi connectivity index (χ2n) is 6.49. The van der Waals surface area contributed by atoms with Crippen molar-refractivity contribution in [3.05, 3.63) is 48.0 Å². The van der Waals surface area contributed by atoms with E-state index in [1.54, 1.807) is 0 Å². The van der Waals surface area contributed by atoms with E-state index < -0.39 is 17.8 Å². The van der Waals surface area contributed by atoms with E-state index in [1.807, 2.05) is 42.5 Å². The molecule has 1 fully saturated rings. The largest absolute Gasteiger partial charge is 0.462 e. The van der Waals surface area contributed by atoms with E-state index in [4.69, 9.17) is 0 Å². The molecule has 2 aromatic rings. The molecule has 2 aromatic carbocycles. The smallest absolute Gasteiger partial charge is 0.377 e. The number of Topliss-reactive ketones (excluding diaryl/α,β-unsaturated/α-hetero) is 1. The Kier molecular flexibility index (Phi) is 4.84. The molecule has 0 saturated heterocycles. The summed E-state index contributed by atoms with van der Waals surface area (Å²) in [7, 11) is 0. The lowest BCUT2D eigenvalue weighted by Gasteiger charge is -2.33. The number of benzene rings is 2. The first-order valence-corrected chi connectivity index (χ1v) is 8.47. The molecule has 25 heavy (non-hydrogen) atoms. The van der Waals surface area contributed by atoms with Gasteiger partial charge in [0.05, 0.1) is 6.61 Å². The number of carbonyl (C=O) groups excluding carboxylic acids is 2. The van der Waals surface area contributed by atoms with E-state index in [0.717, 1.165) is 16.3 Å². The first kappa shape index (κ1) is 17.5. The monoisotopic (exact) mass is 346 g/mol. The fourth-order valence-corrected chi connectivity index (χ4v) is 3.66. The van der Waals surface area contributed by atoms with Crippen molar-refractivity contribution in [1.82, 2.24) is 0 Å². The summed E-state index contributed by atoms with van der Waals surface area (Å²) in [4.78, 5) is 23.8. The molecule has 0 aliphatic heterocycles. The first-order valence-electron chi connectivity index (χ1n) is 8.47. The van der Waals surface area contributed by atoms with Gasteiger partial charge in [-0.15, -0.1) is 0 Å². The predicted molar refractivity (Wildman–Crippen MR) is 90.6 cm³/mol. The van der Waals surface area contributed by atoms with Gasteiger partial charge in [0.15, 0.2) is 0 Å². The highest BCUT2D eigenvalue weighted by molar-refractivity contribution is 5.88. The molecule has 0 radical (unpaired) electrons. The Morgan fingerprint density at radius 1 is 1.16 bits per heavy atom. The highest BCUT2D eigenvalue weighted by atomic mass is 19.3. The topological polar surface area (TPSA) is 43.4 Å². The van der Waals surface area contributed by atoms with Gasteiger partial charge >= 0.3 is 11.9 Å². The second kappa shape index (κ2) is 6.90. The molecule has 5 heteroatoms. The SMILES string of the molecule is CCOC(=O)C(F)(F)C1CC(=O)CC(c2cccc3ccccc23)C1. The summed E-state index contributed by atoms with van der Waals surface area (Å²) >= 11 is 0. The second-order valence-corrected chi connectivity index (χ2v) is 6.49. The van der Waals surface area contributed by atoms with Crippen molar-refractivity contribution < 1.29 is 23.1 Å². The maximum absolute atomic E-state index is 14.4. The van der Waals surface area contributed by atoms with Crippen molar-refractivity contribution in [2.45, 2.75) is 38.0 Å². The molecule has 0 aromatic heterocycles. The molecule has 1 aliphatic carbocycles. The molecule has 0 spiro atoms. The van der Waals surface area contributed by atoms with Crippen LogP contribution in [0.4, 0.5) is 8.78 Å². The van der Waals surface area contributed by atoms with Gasteiger partial charge in [-0.2, -0.15) is 8.78 Å². The number of carbonyl (C=O) groups is 2. The Balaban J connectivity index is 1.93. The maximum atomic E-state index is 14.4. The van der Waals surface area contributed by atoms with Gasteiger partial charge in [-0.1, -0.05) is 42.5 Å². The summed E-state index contributed by atoms with van der Waals surface area (Å²) in [6.07, 6.45) is 0.0298. The summed E-state index contributed by atoms with van der Waals surface area (Å²) in [5.74, 6) is -7.06. The number of ketones is 1. The molecule has 132 valence electrons. The summed E-state index contributed by atoms with van der Waals surface area (Å²) in [5, 5.41) is 1.97. The molecular weight excluding hydrogens is 326 g/mol. The molecule has 0 bridgehead atoms. The maximum Gasteiger partial charge on any atom is 0.377 e. The van der Waals surface area contributed by atoms with E-state index in [0.29, 0.717) is 0 Å². The van der Waals surface area contributed by atoms with Crippen molar-refractivity contribution >= 4 is 22.5 Å². The highest BCUT2D eigenvalue weighted by Crippen LogP contribution is 2.43. The number of rotatable bonds is 4. The lowest BCUT2D eigenvalue weighted by atomic mass is 9.74. The molecule has 0 heterocycles. The van der Waals surface area contributed by atoms with Crippen LogP contribution in [0.15, 0.2) is 42.5 Å². The minimum Gasteiger partial charge on any atom is -0.462 e. The highest BCUT2D eigenvalue weighted by Gasteiger charge is 2.51. The third kappa shape index (κ3) is 3.41. The molecule has 3 rings (SSSR count). The third-order valence-electron chi connectivity index (χ3n) is 4.84. The van der Waals surface area contributed by atoms with Crippen LogP contribution >= 0.6 is 0 Å². The number of alkyl halides is 2. The van der Waals surface area contributed by atoms with Crippen LogP contribution in [-0.4, -0.2) is 24.3 Å². The van der Waals surface area contributed by atoms with E-state index >= 15 is 0 Å². The average molecular weight is 346 g/mol. The summed E-state index contributed by atoms with van der Waals surface area (Å²) in [5.41, 5.74) is 0.885. The van der Waals surface area contributed by atoms with Crippen LogP contribution in [0, 0.1) is 5.92 Å². The molecule has 0 amide bonds. The van der Waals surface area contributed by atoms with Crippen LogP contribution in [0.3, 0.4) is 0 Å². The Hall–Kier alpha value is -2.30. The molecule has 0 N–H and O–H groups in total. The van der Waals surface area contributed by atoms with Crippen LogP contribution in [0.25, 0.3) is 10.8 Å². The first-order chi connectivity index (χ1) is 11.9. The predicted octanol–water partition coefficient (Wildman–Crippen LogP) is 4.49. The van der Waals surface area contributed by atoms with E-state index in [-0.39, 0.29) is 37.6 Å². The summed E-state index contributed by atoms with van der Waals surface area (Å²) in [6, 6.07) is 13.4. The van der Waals surface area contributed by atoms with Gasteiger partial charge in [-0.3, -0.25) is 4.79 Å². The van der Waals surface area contributed by atoms with Crippen LogP contribution in [0.1, 0.15) is 37.7 Å². The Morgan fingerprint density at radius 2 is 1.88 bits per heavy atom. The van der Waals surface area contributed by atoms with Gasteiger partial charge in [0.1, 0.15) is 5.78 Å². The van der Waals surface area contributed by atoms with E-state index in [2.05, 4.69) is 4.74 Å². The number of hydrogen-bond acceptors (Lipinski definition) is 3. The van der Waals surface area contributed by atoms with Crippen molar-refractivity contribution in [3.8, 4) is 0 Å². The van der Waals surface area contributed by atoms with Crippen molar-refractivity contribution in [3.63, 3.8) is 0 Å². The van der Waals surface area contributed by atoms with Gasteiger partial charge in [-0.25, -0.2) is 4.79 Å². The van der Waals surface area contributed by atoms with Crippen LogP contribution in [0.5, 0.6) is 0 Å². The van der Waals surface area contributed by atoms with Gasteiger partial charge in [0, 0.05) is 18.8 Å². The normalized spacial score (nSPS) is 21.3. The Labute approximate surface area is 145 Å². The third-order valence-corrected chi connectivity index (χ3v) is 4.84. The molecule has 3 nitrogen and oxygen atoms in total. The molecule has 2 atom stereocenters. The number of ether oxygens (including phenoxy) is 1. The number of hydrogen-bond donors (Lipinski definition) is 0. The van der Waals surface area contributed by atoms with E-state index in [1.165, 1.54) is 6.92 Å². The zero-order valence-electron chi connectivity index (χ0n) is 14.0. The number of halogens is 2. The minimum absolute atomic E-state index is 0.0889. The van der Waals surface area contributed by atoms with E-state index in [9.17, 15) is 18.4 Å². The summed E-state index contributed by atoms with van der Waals surface area (Å²) < 4.78 is 33.4. The van der Waals surface area contributed by atoms with Gasteiger partial charge in [0.25, 0.3) is 0 Å².